The lowest BCUT2D eigenvalue weighted by atomic mass is 9.83. The third kappa shape index (κ3) is 3.56. The number of carboxylic acids is 1. The van der Waals surface area contributed by atoms with E-state index in [9.17, 15) is 14.3 Å². The highest BCUT2D eigenvalue weighted by molar-refractivity contribution is 9.10. The first-order chi connectivity index (χ1) is 9.09. The Kier molecular flexibility index (Phi) is 4.97. The van der Waals surface area contributed by atoms with Crippen molar-refractivity contribution < 1.29 is 14.3 Å². The van der Waals surface area contributed by atoms with Gasteiger partial charge in [0.25, 0.3) is 0 Å². The van der Waals surface area contributed by atoms with Crippen LogP contribution in [-0.2, 0) is 11.2 Å². The maximum Gasteiger partial charge on any atom is 0.306 e. The van der Waals surface area contributed by atoms with Crippen LogP contribution < -0.4 is 0 Å². The van der Waals surface area contributed by atoms with Crippen molar-refractivity contribution in [2.24, 2.45) is 11.8 Å². The van der Waals surface area contributed by atoms with Crippen molar-refractivity contribution in [1.29, 1.82) is 0 Å². The zero-order valence-electron chi connectivity index (χ0n) is 10.7. The highest BCUT2D eigenvalue weighted by atomic mass is 79.9. The SMILES string of the molecule is O=C(O)C1CCCCCC1Cc1cccc(F)c1Br. The Morgan fingerprint density at radius 2 is 2.05 bits per heavy atom. The van der Waals surface area contributed by atoms with Gasteiger partial charge in [-0.2, -0.15) is 0 Å². The summed E-state index contributed by atoms with van der Waals surface area (Å²) in [6.07, 6.45) is 5.45. The number of hydrogen-bond donors (Lipinski definition) is 1. The Balaban J connectivity index is 2.18. The monoisotopic (exact) mass is 328 g/mol. The van der Waals surface area contributed by atoms with Crippen LogP contribution >= 0.6 is 15.9 Å². The van der Waals surface area contributed by atoms with Gasteiger partial charge in [-0.05, 0) is 52.7 Å². The molecule has 1 aromatic rings. The number of hydrogen-bond acceptors (Lipinski definition) is 1. The number of rotatable bonds is 3. The average Bonchev–Trinajstić information content (AvgIpc) is 2.60. The summed E-state index contributed by atoms with van der Waals surface area (Å²) in [6, 6.07) is 4.97. The lowest BCUT2D eigenvalue weighted by molar-refractivity contribution is -0.143. The van der Waals surface area contributed by atoms with Crippen LogP contribution in [-0.4, -0.2) is 11.1 Å². The van der Waals surface area contributed by atoms with Gasteiger partial charge in [-0.1, -0.05) is 31.4 Å². The summed E-state index contributed by atoms with van der Waals surface area (Å²) < 4.78 is 14.0. The lowest BCUT2D eigenvalue weighted by Gasteiger charge is -2.22. The molecule has 1 N–H and O–H groups in total. The molecule has 2 nitrogen and oxygen atoms in total. The van der Waals surface area contributed by atoms with E-state index in [4.69, 9.17) is 0 Å². The number of benzene rings is 1. The zero-order valence-corrected chi connectivity index (χ0v) is 12.3. The van der Waals surface area contributed by atoms with Gasteiger partial charge in [-0.15, -0.1) is 0 Å². The summed E-state index contributed by atoms with van der Waals surface area (Å²) in [7, 11) is 0. The molecule has 1 saturated carbocycles. The average molecular weight is 329 g/mol. The highest BCUT2D eigenvalue weighted by Gasteiger charge is 2.30. The first-order valence-electron chi connectivity index (χ1n) is 6.75. The van der Waals surface area contributed by atoms with Crippen LogP contribution in [0.2, 0.25) is 0 Å². The lowest BCUT2D eigenvalue weighted by Crippen LogP contribution is -2.24. The number of aliphatic carboxylic acids is 1. The van der Waals surface area contributed by atoms with Gasteiger partial charge in [0.2, 0.25) is 0 Å². The molecule has 1 aliphatic rings. The van der Waals surface area contributed by atoms with E-state index in [2.05, 4.69) is 15.9 Å². The summed E-state index contributed by atoms with van der Waals surface area (Å²) in [6.45, 7) is 0. The smallest absolute Gasteiger partial charge is 0.306 e. The fraction of sp³-hybridized carbons (Fsp3) is 0.533. The molecule has 0 aliphatic heterocycles. The molecule has 2 rings (SSSR count). The molecule has 0 heterocycles. The molecule has 19 heavy (non-hydrogen) atoms. The highest BCUT2D eigenvalue weighted by Crippen LogP contribution is 2.33. The molecule has 0 bridgehead atoms. The van der Waals surface area contributed by atoms with Crippen molar-refractivity contribution in [1.82, 2.24) is 0 Å². The Morgan fingerprint density at radius 1 is 1.32 bits per heavy atom. The van der Waals surface area contributed by atoms with Crippen LogP contribution in [0.15, 0.2) is 22.7 Å². The van der Waals surface area contributed by atoms with E-state index in [-0.39, 0.29) is 17.7 Å². The topological polar surface area (TPSA) is 37.3 Å². The van der Waals surface area contributed by atoms with E-state index in [0.717, 1.165) is 37.7 Å². The Morgan fingerprint density at radius 3 is 2.79 bits per heavy atom. The third-order valence-corrected chi connectivity index (χ3v) is 4.88. The molecule has 2 atom stereocenters. The van der Waals surface area contributed by atoms with E-state index in [1.165, 1.54) is 6.07 Å². The van der Waals surface area contributed by atoms with Crippen LogP contribution in [0.3, 0.4) is 0 Å². The molecule has 1 aliphatic carbocycles. The molecular formula is C15H18BrFO2. The maximum absolute atomic E-state index is 13.5. The van der Waals surface area contributed by atoms with E-state index in [0.29, 0.717) is 10.9 Å². The molecule has 104 valence electrons. The molecule has 0 amide bonds. The Bertz CT molecular complexity index is 461. The second kappa shape index (κ2) is 6.51. The first kappa shape index (κ1) is 14.5. The van der Waals surface area contributed by atoms with Crippen molar-refractivity contribution >= 4 is 21.9 Å². The van der Waals surface area contributed by atoms with Gasteiger partial charge in [0.15, 0.2) is 0 Å². The van der Waals surface area contributed by atoms with Gasteiger partial charge < -0.3 is 5.11 Å². The van der Waals surface area contributed by atoms with Gasteiger partial charge in [0.05, 0.1) is 10.4 Å². The van der Waals surface area contributed by atoms with Gasteiger partial charge in [0, 0.05) is 0 Å². The van der Waals surface area contributed by atoms with Crippen LogP contribution in [0.1, 0.15) is 37.7 Å². The second-order valence-corrected chi connectivity index (χ2v) is 6.05. The van der Waals surface area contributed by atoms with Gasteiger partial charge in [0.1, 0.15) is 5.82 Å². The number of carbonyl (C=O) groups is 1. The summed E-state index contributed by atoms with van der Waals surface area (Å²) >= 11 is 3.26. The van der Waals surface area contributed by atoms with Crippen molar-refractivity contribution in [3.8, 4) is 0 Å². The van der Waals surface area contributed by atoms with Crippen molar-refractivity contribution in [2.75, 3.05) is 0 Å². The van der Waals surface area contributed by atoms with Crippen LogP contribution in [0.25, 0.3) is 0 Å². The van der Waals surface area contributed by atoms with E-state index in [1.807, 2.05) is 6.07 Å². The van der Waals surface area contributed by atoms with Gasteiger partial charge in [-0.25, -0.2) is 4.39 Å². The molecular weight excluding hydrogens is 311 g/mol. The first-order valence-corrected chi connectivity index (χ1v) is 7.54. The van der Waals surface area contributed by atoms with Crippen LogP contribution in [0.4, 0.5) is 4.39 Å². The second-order valence-electron chi connectivity index (χ2n) is 5.26. The number of halogens is 2. The fourth-order valence-electron chi connectivity index (χ4n) is 2.94. The molecule has 0 spiro atoms. The molecule has 1 aromatic carbocycles. The fourth-order valence-corrected chi connectivity index (χ4v) is 3.37. The summed E-state index contributed by atoms with van der Waals surface area (Å²) in [5, 5.41) is 9.35. The third-order valence-electron chi connectivity index (χ3n) is 3.99. The molecule has 2 unspecified atom stereocenters. The van der Waals surface area contributed by atoms with Gasteiger partial charge >= 0.3 is 5.97 Å². The van der Waals surface area contributed by atoms with Crippen molar-refractivity contribution in [2.45, 2.75) is 38.5 Å². The molecule has 0 aromatic heterocycles. The van der Waals surface area contributed by atoms with E-state index in [1.54, 1.807) is 6.07 Å². The maximum atomic E-state index is 13.5. The summed E-state index contributed by atoms with van der Waals surface area (Å²) in [4.78, 5) is 11.4. The van der Waals surface area contributed by atoms with Crippen LogP contribution in [0, 0.1) is 17.7 Å². The minimum atomic E-state index is -0.709. The predicted molar refractivity (Wildman–Crippen MR) is 75.5 cm³/mol. The Labute approximate surface area is 121 Å². The zero-order chi connectivity index (χ0) is 13.8. The summed E-state index contributed by atoms with van der Waals surface area (Å²) in [5.74, 6) is -1.17. The Hall–Kier alpha value is -0.900. The molecule has 4 heteroatoms. The largest absolute Gasteiger partial charge is 0.481 e. The molecule has 0 saturated heterocycles. The van der Waals surface area contributed by atoms with Crippen molar-refractivity contribution in [3.05, 3.63) is 34.1 Å². The normalized spacial score (nSPS) is 23.9. The van der Waals surface area contributed by atoms with Gasteiger partial charge in [-0.3, -0.25) is 4.79 Å². The minimum Gasteiger partial charge on any atom is -0.481 e. The standard InChI is InChI=1S/C15H18BrFO2/c16-14-11(6-4-8-13(14)17)9-10-5-2-1-3-7-12(10)15(18)19/h4,6,8,10,12H,1-3,5,7,9H2,(H,18,19). The van der Waals surface area contributed by atoms with E-state index < -0.39 is 5.97 Å². The molecule has 1 fully saturated rings. The van der Waals surface area contributed by atoms with E-state index >= 15 is 0 Å². The quantitative estimate of drug-likeness (QED) is 0.834. The van der Waals surface area contributed by atoms with Crippen LogP contribution in [0.5, 0.6) is 0 Å². The van der Waals surface area contributed by atoms with Crippen molar-refractivity contribution in [3.63, 3.8) is 0 Å². The summed E-state index contributed by atoms with van der Waals surface area (Å²) in [5.41, 5.74) is 0.873. The predicted octanol–water partition coefficient (Wildman–Crippen LogP) is 4.41. The molecule has 0 radical (unpaired) electrons. The minimum absolute atomic E-state index is 0.109. The number of carboxylic acid groups (broad SMARTS) is 1.